The fraction of sp³-hybridized carbons (Fsp3) is 0.154. The van der Waals surface area contributed by atoms with Gasteiger partial charge in [-0.3, -0.25) is 4.99 Å². The summed E-state index contributed by atoms with van der Waals surface area (Å²) in [6.07, 6.45) is 13.7. The molecule has 0 saturated carbocycles. The van der Waals surface area contributed by atoms with Gasteiger partial charge in [0.2, 0.25) is 0 Å². The summed E-state index contributed by atoms with van der Waals surface area (Å²) in [5.74, 6) is 3.36. The van der Waals surface area contributed by atoms with E-state index in [0.717, 1.165) is 22.7 Å². The Morgan fingerprint density at radius 3 is 2.50 bits per heavy atom. The maximum absolute atomic E-state index is 7.42. The molecule has 0 aliphatic heterocycles. The first-order valence-electron chi connectivity index (χ1n) is 9.51. The summed E-state index contributed by atoms with van der Waals surface area (Å²) < 4.78 is 0. The van der Waals surface area contributed by atoms with Crippen LogP contribution in [0.5, 0.6) is 0 Å². The Bertz CT molecular complexity index is 1000. The van der Waals surface area contributed by atoms with Crippen molar-refractivity contribution in [1.82, 2.24) is 0 Å². The SMILES string of the molecule is C#C/C(C=C)=C/C=C\C.CN=C(c1ccccc1C)N(C)c1ccc(N)c(C=N)c1. The maximum atomic E-state index is 7.42. The van der Waals surface area contributed by atoms with Gasteiger partial charge in [0, 0.05) is 48.4 Å². The second-order valence-electron chi connectivity index (χ2n) is 6.37. The van der Waals surface area contributed by atoms with Crippen LogP contribution in [0.2, 0.25) is 0 Å². The summed E-state index contributed by atoms with van der Waals surface area (Å²) in [5.41, 5.74) is 11.2. The van der Waals surface area contributed by atoms with Gasteiger partial charge in [-0.25, -0.2) is 0 Å². The van der Waals surface area contributed by atoms with E-state index in [-0.39, 0.29) is 0 Å². The monoisotopic (exact) mass is 398 g/mol. The molecule has 4 nitrogen and oxygen atoms in total. The van der Waals surface area contributed by atoms with E-state index in [4.69, 9.17) is 17.6 Å². The van der Waals surface area contributed by atoms with Crippen molar-refractivity contribution in [3.05, 3.63) is 95.6 Å². The molecule has 154 valence electrons. The fourth-order valence-corrected chi connectivity index (χ4v) is 2.67. The average Bonchev–Trinajstić information content (AvgIpc) is 2.77. The number of nitrogen functional groups attached to an aromatic ring is 1. The number of hydrogen-bond acceptors (Lipinski definition) is 3. The molecule has 4 heteroatoms. The van der Waals surface area contributed by atoms with E-state index in [1.807, 2.05) is 67.4 Å². The van der Waals surface area contributed by atoms with E-state index in [1.54, 1.807) is 13.1 Å². The molecule has 0 spiro atoms. The van der Waals surface area contributed by atoms with Gasteiger partial charge < -0.3 is 16.0 Å². The molecular formula is C26H30N4. The molecule has 0 aromatic heterocycles. The van der Waals surface area contributed by atoms with Crippen LogP contribution in [-0.2, 0) is 0 Å². The third-order valence-electron chi connectivity index (χ3n) is 4.38. The topological polar surface area (TPSA) is 65.5 Å². The van der Waals surface area contributed by atoms with Gasteiger partial charge in [-0.05, 0) is 43.7 Å². The van der Waals surface area contributed by atoms with Gasteiger partial charge in [-0.2, -0.15) is 0 Å². The molecule has 2 rings (SSSR count). The third-order valence-corrected chi connectivity index (χ3v) is 4.38. The Labute approximate surface area is 180 Å². The fourth-order valence-electron chi connectivity index (χ4n) is 2.67. The third kappa shape index (κ3) is 6.65. The summed E-state index contributed by atoms with van der Waals surface area (Å²) in [7, 11) is 3.75. The van der Waals surface area contributed by atoms with Crippen LogP contribution < -0.4 is 10.6 Å². The number of aryl methyl sites for hydroxylation is 1. The molecule has 0 saturated heterocycles. The highest BCUT2D eigenvalue weighted by Crippen LogP contribution is 2.22. The standard InChI is InChI=1S/C17H20N4.C9H10/c1-12-6-4-5-7-15(12)17(20-2)21(3)14-8-9-16(19)13(10-14)11-18;1-4-7-8-9(5-2)6-3/h4-11,18H,19H2,1-3H3;2,4,6-8H,3H2,1H3/b;7-4-,9-8-. The number of amidine groups is 1. The molecular weight excluding hydrogens is 368 g/mol. The van der Waals surface area contributed by atoms with Gasteiger partial charge in [0.05, 0.1) is 0 Å². The van der Waals surface area contributed by atoms with E-state index in [0.29, 0.717) is 11.3 Å². The second-order valence-corrected chi connectivity index (χ2v) is 6.37. The van der Waals surface area contributed by atoms with Gasteiger partial charge in [0.1, 0.15) is 5.84 Å². The normalized spacial score (nSPS) is 11.3. The molecule has 0 radical (unpaired) electrons. The molecule has 0 aliphatic rings. The first-order chi connectivity index (χ1) is 14.4. The van der Waals surface area contributed by atoms with Gasteiger partial charge >= 0.3 is 0 Å². The molecule has 2 aromatic carbocycles. The van der Waals surface area contributed by atoms with Gasteiger partial charge in [0.25, 0.3) is 0 Å². The van der Waals surface area contributed by atoms with Crippen LogP contribution in [0.25, 0.3) is 0 Å². The van der Waals surface area contributed by atoms with Crippen molar-refractivity contribution in [3.63, 3.8) is 0 Å². The molecule has 0 fully saturated rings. The summed E-state index contributed by atoms with van der Waals surface area (Å²) >= 11 is 0. The lowest BCUT2D eigenvalue weighted by Gasteiger charge is -2.23. The number of anilines is 2. The number of benzene rings is 2. The molecule has 30 heavy (non-hydrogen) atoms. The molecule has 0 heterocycles. The summed E-state index contributed by atoms with van der Waals surface area (Å²) in [4.78, 5) is 6.44. The van der Waals surface area contributed by atoms with Crippen molar-refractivity contribution in [1.29, 1.82) is 5.41 Å². The molecule has 0 amide bonds. The number of terminal acetylenes is 1. The van der Waals surface area contributed by atoms with Crippen molar-refractivity contribution in [2.45, 2.75) is 13.8 Å². The Hall–Kier alpha value is -3.84. The van der Waals surface area contributed by atoms with Gasteiger partial charge in [-0.15, -0.1) is 6.42 Å². The van der Waals surface area contributed by atoms with E-state index in [2.05, 4.69) is 36.5 Å². The Morgan fingerprint density at radius 2 is 1.97 bits per heavy atom. The van der Waals surface area contributed by atoms with Crippen LogP contribution in [-0.4, -0.2) is 26.1 Å². The van der Waals surface area contributed by atoms with Crippen LogP contribution in [0.4, 0.5) is 11.4 Å². The molecule has 0 atom stereocenters. The summed E-state index contributed by atoms with van der Waals surface area (Å²) in [6, 6.07) is 13.8. The minimum atomic E-state index is 0.605. The maximum Gasteiger partial charge on any atom is 0.135 e. The van der Waals surface area contributed by atoms with Crippen LogP contribution >= 0.6 is 0 Å². The molecule has 2 aromatic rings. The minimum Gasteiger partial charge on any atom is -0.398 e. The van der Waals surface area contributed by atoms with Crippen molar-refractivity contribution >= 4 is 23.4 Å². The van der Waals surface area contributed by atoms with E-state index >= 15 is 0 Å². The lowest BCUT2D eigenvalue weighted by Crippen LogP contribution is -2.28. The van der Waals surface area contributed by atoms with Crippen molar-refractivity contribution in [2.75, 3.05) is 24.7 Å². The zero-order chi connectivity index (χ0) is 22.5. The number of hydrogen-bond donors (Lipinski definition) is 2. The minimum absolute atomic E-state index is 0.605. The molecule has 3 N–H and O–H groups in total. The van der Waals surface area contributed by atoms with Crippen LogP contribution in [0.3, 0.4) is 0 Å². The summed E-state index contributed by atoms with van der Waals surface area (Å²) in [5, 5.41) is 7.42. The largest absolute Gasteiger partial charge is 0.398 e. The Balaban J connectivity index is 0.000000424. The zero-order valence-corrected chi connectivity index (χ0v) is 18.2. The van der Waals surface area contributed by atoms with E-state index in [1.165, 1.54) is 11.8 Å². The lowest BCUT2D eigenvalue weighted by molar-refractivity contribution is 1.21. The first-order valence-corrected chi connectivity index (χ1v) is 9.51. The van der Waals surface area contributed by atoms with Crippen LogP contribution in [0.1, 0.15) is 23.6 Å². The molecule has 0 aliphatic carbocycles. The van der Waals surface area contributed by atoms with E-state index in [9.17, 15) is 0 Å². The highest BCUT2D eigenvalue weighted by atomic mass is 15.2. The molecule has 0 bridgehead atoms. The number of nitrogens with one attached hydrogen (secondary N) is 1. The highest BCUT2D eigenvalue weighted by molar-refractivity contribution is 6.10. The Kier molecular flexibility index (Phi) is 10.2. The number of nitrogens with two attached hydrogens (primary N) is 1. The van der Waals surface area contributed by atoms with Crippen LogP contribution in [0.15, 0.2) is 83.9 Å². The number of allylic oxidation sites excluding steroid dienone is 5. The number of aliphatic imine (C=N–C) groups is 1. The lowest BCUT2D eigenvalue weighted by atomic mass is 10.1. The van der Waals surface area contributed by atoms with Crippen molar-refractivity contribution in [2.24, 2.45) is 4.99 Å². The quantitative estimate of drug-likeness (QED) is 0.233. The number of rotatable bonds is 5. The van der Waals surface area contributed by atoms with Crippen molar-refractivity contribution < 1.29 is 0 Å². The first kappa shape index (κ1) is 24.2. The van der Waals surface area contributed by atoms with Crippen LogP contribution in [0, 0.1) is 24.7 Å². The highest BCUT2D eigenvalue weighted by Gasteiger charge is 2.13. The Morgan fingerprint density at radius 1 is 1.27 bits per heavy atom. The predicted molar refractivity (Wildman–Crippen MR) is 133 cm³/mol. The second kappa shape index (κ2) is 12.6. The zero-order valence-electron chi connectivity index (χ0n) is 18.2. The molecule has 0 unspecified atom stereocenters. The predicted octanol–water partition coefficient (Wildman–Crippen LogP) is 5.40. The van der Waals surface area contributed by atoms with Gasteiger partial charge in [-0.1, -0.05) is 55.0 Å². The summed E-state index contributed by atoms with van der Waals surface area (Å²) in [6.45, 7) is 7.55. The van der Waals surface area contributed by atoms with Crippen molar-refractivity contribution in [3.8, 4) is 12.3 Å². The number of nitrogens with zero attached hydrogens (tertiary/aromatic N) is 2. The smallest absolute Gasteiger partial charge is 0.135 e. The van der Waals surface area contributed by atoms with E-state index < -0.39 is 0 Å². The average molecular weight is 399 g/mol. The van der Waals surface area contributed by atoms with Gasteiger partial charge in [0.15, 0.2) is 0 Å².